The number of amides is 1. The van der Waals surface area contributed by atoms with Crippen LogP contribution in [0.25, 0.3) is 0 Å². The fourth-order valence-corrected chi connectivity index (χ4v) is 1.66. The molecule has 1 aromatic carbocycles. The Kier molecular flexibility index (Phi) is 5.80. The van der Waals surface area contributed by atoms with Crippen molar-refractivity contribution >= 4 is 17.5 Å². The largest absolute Gasteiger partial charge is 0.491 e. The second kappa shape index (κ2) is 7.14. The number of carbonyl (C=O) groups excluding carboxylic acids is 1. The number of hydrogen-bond acceptors (Lipinski definition) is 3. The number of para-hydroxylation sites is 1. The summed E-state index contributed by atoms with van der Waals surface area (Å²) < 4.78 is 5.56. The molecule has 0 spiro atoms. The summed E-state index contributed by atoms with van der Waals surface area (Å²) in [7, 11) is 3.46. The van der Waals surface area contributed by atoms with Gasteiger partial charge in [0.05, 0.1) is 18.1 Å². The zero-order chi connectivity index (χ0) is 12.7. The summed E-state index contributed by atoms with van der Waals surface area (Å²) in [5.74, 6) is 0.597. The highest BCUT2D eigenvalue weighted by Crippen LogP contribution is 2.28. The standard InChI is InChI=1S/C12H17ClN2O2/c1-14-8-9-4-3-5-10(13)12(9)17-7-6-11(16)15-2/h3-5,14H,6-8H2,1-2H3,(H,15,16). The first-order valence-electron chi connectivity index (χ1n) is 5.44. The van der Waals surface area contributed by atoms with Gasteiger partial charge < -0.3 is 15.4 Å². The van der Waals surface area contributed by atoms with Gasteiger partial charge >= 0.3 is 0 Å². The van der Waals surface area contributed by atoms with Crippen LogP contribution >= 0.6 is 11.6 Å². The molecule has 1 aromatic rings. The van der Waals surface area contributed by atoms with Crippen LogP contribution in [0.4, 0.5) is 0 Å². The molecule has 1 rings (SSSR count). The molecule has 5 heteroatoms. The van der Waals surface area contributed by atoms with Crippen molar-refractivity contribution in [2.24, 2.45) is 0 Å². The molecule has 0 fully saturated rings. The lowest BCUT2D eigenvalue weighted by molar-refractivity contribution is -0.121. The highest BCUT2D eigenvalue weighted by atomic mass is 35.5. The predicted octanol–water partition coefficient (Wildman–Crippen LogP) is 1.57. The molecule has 2 N–H and O–H groups in total. The molecule has 4 nitrogen and oxygen atoms in total. The normalized spacial score (nSPS) is 10.1. The first kappa shape index (κ1) is 13.8. The van der Waals surface area contributed by atoms with Gasteiger partial charge in [0.1, 0.15) is 5.75 Å². The van der Waals surface area contributed by atoms with E-state index >= 15 is 0 Å². The minimum atomic E-state index is -0.0489. The molecule has 94 valence electrons. The third kappa shape index (κ3) is 4.24. The van der Waals surface area contributed by atoms with Crippen molar-refractivity contribution in [2.45, 2.75) is 13.0 Å². The average Bonchev–Trinajstić information content (AvgIpc) is 2.32. The lowest BCUT2D eigenvalue weighted by Gasteiger charge is -2.12. The van der Waals surface area contributed by atoms with Crippen molar-refractivity contribution < 1.29 is 9.53 Å². The molecule has 0 atom stereocenters. The zero-order valence-corrected chi connectivity index (χ0v) is 10.8. The summed E-state index contributed by atoms with van der Waals surface area (Å²) in [6.45, 7) is 0.996. The minimum Gasteiger partial charge on any atom is -0.491 e. The Morgan fingerprint density at radius 2 is 2.18 bits per heavy atom. The molecule has 0 aliphatic rings. The van der Waals surface area contributed by atoms with Crippen LogP contribution in [0.2, 0.25) is 5.02 Å². The Morgan fingerprint density at radius 1 is 1.41 bits per heavy atom. The Hall–Kier alpha value is -1.26. The monoisotopic (exact) mass is 256 g/mol. The van der Waals surface area contributed by atoms with Gasteiger partial charge in [0.2, 0.25) is 5.91 Å². The van der Waals surface area contributed by atoms with E-state index in [1.54, 1.807) is 13.1 Å². The molecule has 0 aromatic heterocycles. The summed E-state index contributed by atoms with van der Waals surface area (Å²) in [4.78, 5) is 11.1. The molecule has 0 heterocycles. The van der Waals surface area contributed by atoms with Crippen molar-refractivity contribution in [3.8, 4) is 5.75 Å². The number of nitrogens with one attached hydrogen (secondary N) is 2. The van der Waals surface area contributed by atoms with Gasteiger partial charge in [-0.15, -0.1) is 0 Å². The van der Waals surface area contributed by atoms with Crippen LogP contribution in [0.15, 0.2) is 18.2 Å². The third-order valence-electron chi connectivity index (χ3n) is 2.27. The van der Waals surface area contributed by atoms with E-state index < -0.39 is 0 Å². The summed E-state index contributed by atoms with van der Waals surface area (Å²) in [5, 5.41) is 6.15. The van der Waals surface area contributed by atoms with Gasteiger partial charge in [-0.2, -0.15) is 0 Å². The molecule has 0 unspecified atom stereocenters. The molecule has 0 aliphatic heterocycles. The van der Waals surface area contributed by atoms with E-state index in [2.05, 4.69) is 10.6 Å². The van der Waals surface area contributed by atoms with Gasteiger partial charge in [-0.1, -0.05) is 23.7 Å². The lowest BCUT2D eigenvalue weighted by Crippen LogP contribution is -2.20. The van der Waals surface area contributed by atoms with E-state index in [0.717, 1.165) is 5.56 Å². The van der Waals surface area contributed by atoms with Gasteiger partial charge in [0.15, 0.2) is 0 Å². The molecular formula is C12H17ClN2O2. The quantitative estimate of drug-likeness (QED) is 0.813. The smallest absolute Gasteiger partial charge is 0.223 e. The predicted molar refractivity (Wildman–Crippen MR) is 68.4 cm³/mol. The van der Waals surface area contributed by atoms with Crippen LogP contribution in [0.3, 0.4) is 0 Å². The third-order valence-corrected chi connectivity index (χ3v) is 2.57. The summed E-state index contributed by atoms with van der Waals surface area (Å²) in [5.41, 5.74) is 0.983. The maximum absolute atomic E-state index is 11.1. The van der Waals surface area contributed by atoms with Gasteiger partial charge in [-0.25, -0.2) is 0 Å². The van der Waals surface area contributed by atoms with Gasteiger partial charge in [0.25, 0.3) is 0 Å². The summed E-state index contributed by atoms with van der Waals surface area (Å²) in [6, 6.07) is 5.59. The molecule has 0 aliphatic carbocycles. The first-order valence-corrected chi connectivity index (χ1v) is 5.82. The van der Waals surface area contributed by atoms with Crippen LogP contribution in [0, 0.1) is 0 Å². The summed E-state index contributed by atoms with van der Waals surface area (Å²) in [6.07, 6.45) is 0.320. The average molecular weight is 257 g/mol. The number of benzene rings is 1. The maximum Gasteiger partial charge on any atom is 0.223 e. The minimum absolute atomic E-state index is 0.0489. The van der Waals surface area contributed by atoms with E-state index in [9.17, 15) is 4.79 Å². The highest BCUT2D eigenvalue weighted by molar-refractivity contribution is 6.32. The van der Waals surface area contributed by atoms with Gasteiger partial charge in [0, 0.05) is 19.2 Å². The Morgan fingerprint density at radius 3 is 2.82 bits per heavy atom. The highest BCUT2D eigenvalue weighted by Gasteiger charge is 2.08. The Balaban J connectivity index is 2.65. The van der Waals surface area contributed by atoms with E-state index in [4.69, 9.17) is 16.3 Å². The van der Waals surface area contributed by atoms with E-state index in [-0.39, 0.29) is 5.91 Å². The SMILES string of the molecule is CNCc1cccc(Cl)c1OCCC(=O)NC. The molecule has 1 amide bonds. The van der Waals surface area contributed by atoms with E-state index in [1.807, 2.05) is 19.2 Å². The molecule has 0 saturated carbocycles. The molecule has 0 radical (unpaired) electrons. The van der Waals surface area contributed by atoms with Crippen LogP contribution in [-0.4, -0.2) is 26.6 Å². The number of ether oxygens (including phenoxy) is 1. The Labute approximate surface area is 106 Å². The topological polar surface area (TPSA) is 50.4 Å². The second-order valence-electron chi connectivity index (χ2n) is 3.53. The number of halogens is 1. The number of rotatable bonds is 6. The second-order valence-corrected chi connectivity index (χ2v) is 3.94. The van der Waals surface area contributed by atoms with Gasteiger partial charge in [-0.05, 0) is 13.1 Å². The van der Waals surface area contributed by atoms with Crippen molar-refractivity contribution in [1.29, 1.82) is 0 Å². The van der Waals surface area contributed by atoms with Crippen molar-refractivity contribution in [2.75, 3.05) is 20.7 Å². The Bertz CT molecular complexity index is 383. The van der Waals surface area contributed by atoms with Gasteiger partial charge in [-0.3, -0.25) is 4.79 Å². The van der Waals surface area contributed by atoms with E-state index in [0.29, 0.717) is 30.3 Å². The van der Waals surface area contributed by atoms with Crippen molar-refractivity contribution in [3.63, 3.8) is 0 Å². The fourth-order valence-electron chi connectivity index (χ4n) is 1.42. The zero-order valence-electron chi connectivity index (χ0n) is 10.0. The number of hydrogen-bond donors (Lipinski definition) is 2. The van der Waals surface area contributed by atoms with Crippen LogP contribution in [0.5, 0.6) is 5.75 Å². The van der Waals surface area contributed by atoms with E-state index in [1.165, 1.54) is 0 Å². The van der Waals surface area contributed by atoms with Crippen molar-refractivity contribution in [3.05, 3.63) is 28.8 Å². The maximum atomic E-state index is 11.1. The molecule has 17 heavy (non-hydrogen) atoms. The van der Waals surface area contributed by atoms with Crippen LogP contribution < -0.4 is 15.4 Å². The fraction of sp³-hybridized carbons (Fsp3) is 0.417. The molecule has 0 saturated heterocycles. The first-order chi connectivity index (χ1) is 8.19. The van der Waals surface area contributed by atoms with Crippen molar-refractivity contribution in [1.82, 2.24) is 10.6 Å². The van der Waals surface area contributed by atoms with Crippen LogP contribution in [0.1, 0.15) is 12.0 Å². The summed E-state index contributed by atoms with van der Waals surface area (Å²) >= 11 is 6.06. The molecular weight excluding hydrogens is 240 g/mol. The molecule has 0 bridgehead atoms. The van der Waals surface area contributed by atoms with Crippen LogP contribution in [-0.2, 0) is 11.3 Å². The lowest BCUT2D eigenvalue weighted by atomic mass is 10.2. The number of carbonyl (C=O) groups is 1.